The minimum absolute atomic E-state index is 0.111. The monoisotopic (exact) mass is 469 g/mol. The summed E-state index contributed by atoms with van der Waals surface area (Å²) in [6.45, 7) is 15.2. The molecule has 2 atom stereocenters. The van der Waals surface area contributed by atoms with Crippen LogP contribution in [0.1, 0.15) is 61.3 Å². The van der Waals surface area contributed by atoms with Crippen molar-refractivity contribution in [1.29, 1.82) is 0 Å². The van der Waals surface area contributed by atoms with Gasteiger partial charge in [0.2, 0.25) is 0 Å². The molecule has 0 radical (unpaired) electrons. The molecule has 0 unspecified atom stereocenters. The molecular formula is C27H39NO2SSi. The summed E-state index contributed by atoms with van der Waals surface area (Å²) in [5.74, 6) is 6.53. The Bertz CT molecular complexity index is 882. The Hall–Kier alpha value is -1.71. The average molecular weight is 470 g/mol. The molecule has 0 heterocycles. The van der Waals surface area contributed by atoms with E-state index in [0.29, 0.717) is 6.61 Å². The number of hydrogen-bond donors (Lipinski definition) is 1. The van der Waals surface area contributed by atoms with Crippen LogP contribution in [0.3, 0.4) is 0 Å². The highest BCUT2D eigenvalue weighted by molar-refractivity contribution is 7.84. The number of rotatable bonds is 8. The van der Waals surface area contributed by atoms with Crippen LogP contribution >= 0.6 is 0 Å². The lowest BCUT2D eigenvalue weighted by Gasteiger charge is -2.43. The third-order valence-electron chi connectivity index (χ3n) is 5.34. The Labute approximate surface area is 199 Å². The molecule has 2 aromatic carbocycles. The lowest BCUT2D eigenvalue weighted by molar-refractivity contribution is 0.284. The van der Waals surface area contributed by atoms with E-state index < -0.39 is 19.3 Å². The molecule has 0 saturated heterocycles. The molecule has 1 N–H and O–H groups in total. The lowest BCUT2D eigenvalue weighted by atomic mass is 10.2. The molecule has 174 valence electrons. The zero-order valence-electron chi connectivity index (χ0n) is 20.7. The van der Waals surface area contributed by atoms with Gasteiger partial charge in [0.1, 0.15) is 6.04 Å². The zero-order chi connectivity index (χ0) is 23.8. The Kier molecular flexibility index (Phi) is 9.48. The van der Waals surface area contributed by atoms with Gasteiger partial charge in [-0.2, -0.15) is 0 Å². The highest BCUT2D eigenvalue weighted by Gasteiger charge is 2.50. The van der Waals surface area contributed by atoms with Gasteiger partial charge in [-0.1, -0.05) is 94.3 Å². The maximum atomic E-state index is 12.9. The molecule has 2 rings (SSSR count). The molecule has 0 aliphatic heterocycles. The summed E-state index contributed by atoms with van der Waals surface area (Å²) in [5.41, 5.74) is 0. The fourth-order valence-corrected chi connectivity index (χ4v) is 9.01. The second-order valence-corrected chi connectivity index (χ2v) is 16.4. The maximum Gasteiger partial charge on any atom is 0.261 e. The van der Waals surface area contributed by atoms with E-state index in [4.69, 9.17) is 4.43 Å². The van der Waals surface area contributed by atoms with E-state index in [1.807, 2.05) is 32.9 Å². The first-order valence-electron chi connectivity index (χ1n) is 11.4. The molecule has 0 spiro atoms. The smallest absolute Gasteiger partial charge is 0.261 e. The molecule has 0 aliphatic rings. The van der Waals surface area contributed by atoms with Crippen molar-refractivity contribution in [2.75, 3.05) is 6.61 Å². The summed E-state index contributed by atoms with van der Waals surface area (Å²) in [7, 11) is -3.89. The van der Waals surface area contributed by atoms with Gasteiger partial charge in [0.25, 0.3) is 8.32 Å². The van der Waals surface area contributed by atoms with Crippen molar-refractivity contribution in [3.05, 3.63) is 60.7 Å². The minimum Gasteiger partial charge on any atom is -0.405 e. The summed E-state index contributed by atoms with van der Waals surface area (Å²) in [5, 5.41) is 2.35. The van der Waals surface area contributed by atoms with E-state index in [0.717, 1.165) is 12.8 Å². The minimum atomic E-state index is -2.66. The van der Waals surface area contributed by atoms with Gasteiger partial charge in [0.15, 0.2) is 0 Å². The molecular weight excluding hydrogens is 430 g/mol. The first-order chi connectivity index (χ1) is 15.0. The highest BCUT2D eigenvalue weighted by Crippen LogP contribution is 2.36. The van der Waals surface area contributed by atoms with Crippen LogP contribution in [0.5, 0.6) is 0 Å². The van der Waals surface area contributed by atoms with E-state index in [-0.39, 0.29) is 15.8 Å². The van der Waals surface area contributed by atoms with Crippen molar-refractivity contribution in [3.8, 4) is 11.8 Å². The summed E-state index contributed by atoms with van der Waals surface area (Å²) >= 11 is 0. The van der Waals surface area contributed by atoms with Gasteiger partial charge in [0.05, 0.1) is 22.3 Å². The Morgan fingerprint density at radius 1 is 0.938 bits per heavy atom. The van der Waals surface area contributed by atoms with Crippen LogP contribution in [0.25, 0.3) is 0 Å². The van der Waals surface area contributed by atoms with Crippen molar-refractivity contribution in [2.45, 2.75) is 77.1 Å². The van der Waals surface area contributed by atoms with Gasteiger partial charge in [-0.3, -0.25) is 0 Å². The largest absolute Gasteiger partial charge is 0.405 e. The number of unbranched alkanes of at least 4 members (excludes halogenated alkanes) is 1. The predicted octanol–water partition coefficient (Wildman–Crippen LogP) is 4.79. The number of hydrogen-bond acceptors (Lipinski definition) is 2. The van der Waals surface area contributed by atoms with Crippen LogP contribution in [-0.4, -0.2) is 29.9 Å². The molecule has 0 aromatic heterocycles. The van der Waals surface area contributed by atoms with Crippen LogP contribution in [0, 0.1) is 11.8 Å². The number of nitrogens with one attached hydrogen (secondary N) is 1. The van der Waals surface area contributed by atoms with Gasteiger partial charge in [-0.25, -0.2) is 8.93 Å². The van der Waals surface area contributed by atoms with Gasteiger partial charge in [-0.05, 0) is 42.6 Å². The van der Waals surface area contributed by atoms with Crippen molar-refractivity contribution < 1.29 is 8.63 Å². The quantitative estimate of drug-likeness (QED) is 0.446. The second kappa shape index (κ2) is 11.4. The average Bonchev–Trinajstić information content (AvgIpc) is 2.74. The van der Waals surface area contributed by atoms with Gasteiger partial charge in [0, 0.05) is 6.42 Å². The van der Waals surface area contributed by atoms with E-state index in [1.54, 1.807) is 0 Å². The van der Waals surface area contributed by atoms with Crippen LogP contribution in [-0.2, 0) is 15.4 Å². The predicted molar refractivity (Wildman–Crippen MR) is 141 cm³/mol. The SMILES string of the molecule is CCCC#C[C@@H](CO[Si](c1ccccc1)(c1ccccc1)C(C)(C)C)N[S@](=O)C(C)(C)C. The Morgan fingerprint density at radius 3 is 1.84 bits per heavy atom. The van der Waals surface area contributed by atoms with Crippen molar-refractivity contribution in [3.63, 3.8) is 0 Å². The van der Waals surface area contributed by atoms with E-state index in [1.165, 1.54) is 10.4 Å². The molecule has 3 nitrogen and oxygen atoms in total. The topological polar surface area (TPSA) is 38.3 Å². The summed E-state index contributed by atoms with van der Waals surface area (Å²) < 4.78 is 22.7. The molecule has 0 fully saturated rings. The summed E-state index contributed by atoms with van der Waals surface area (Å²) in [4.78, 5) is 0. The van der Waals surface area contributed by atoms with E-state index >= 15 is 0 Å². The fourth-order valence-electron chi connectivity index (χ4n) is 3.70. The first kappa shape index (κ1) is 26.5. The van der Waals surface area contributed by atoms with E-state index in [9.17, 15) is 4.21 Å². The van der Waals surface area contributed by atoms with Gasteiger partial charge in [-0.15, -0.1) is 5.92 Å². The summed E-state index contributed by atoms with van der Waals surface area (Å²) in [6, 6.07) is 20.9. The Balaban J connectivity index is 2.50. The zero-order valence-corrected chi connectivity index (χ0v) is 22.5. The van der Waals surface area contributed by atoms with Crippen molar-refractivity contribution >= 4 is 29.7 Å². The Morgan fingerprint density at radius 2 is 1.44 bits per heavy atom. The van der Waals surface area contributed by atoms with Gasteiger partial charge < -0.3 is 4.43 Å². The molecule has 0 amide bonds. The van der Waals surface area contributed by atoms with Crippen molar-refractivity contribution in [1.82, 2.24) is 4.72 Å². The number of benzene rings is 2. The van der Waals surface area contributed by atoms with E-state index in [2.05, 4.69) is 92.8 Å². The molecule has 5 heteroatoms. The van der Waals surface area contributed by atoms with Crippen LogP contribution in [0.15, 0.2) is 60.7 Å². The third kappa shape index (κ3) is 6.65. The lowest BCUT2D eigenvalue weighted by Crippen LogP contribution is -2.67. The molecule has 0 aliphatic carbocycles. The molecule has 2 aromatic rings. The molecule has 32 heavy (non-hydrogen) atoms. The van der Waals surface area contributed by atoms with Crippen LogP contribution < -0.4 is 15.1 Å². The van der Waals surface area contributed by atoms with Crippen molar-refractivity contribution in [2.24, 2.45) is 0 Å². The van der Waals surface area contributed by atoms with Gasteiger partial charge >= 0.3 is 0 Å². The maximum absolute atomic E-state index is 12.9. The normalized spacial score (nSPS) is 14.3. The first-order valence-corrected chi connectivity index (χ1v) is 14.5. The summed E-state index contributed by atoms with van der Waals surface area (Å²) in [6.07, 6.45) is 1.82. The molecule has 0 saturated carbocycles. The fraction of sp³-hybridized carbons (Fsp3) is 0.481. The third-order valence-corrected chi connectivity index (χ3v) is 12.0. The molecule has 0 bridgehead atoms. The van der Waals surface area contributed by atoms with Crippen LogP contribution in [0.2, 0.25) is 5.04 Å². The van der Waals surface area contributed by atoms with Crippen LogP contribution in [0.4, 0.5) is 0 Å². The highest BCUT2D eigenvalue weighted by atomic mass is 32.2. The standard InChI is InChI=1S/C27H39NO2SSi/c1-8-9-12-17-23(28-31(29)26(2,3)4)22-30-32(27(5,6)7,24-18-13-10-14-19-24)25-20-15-11-16-21-25/h10-11,13-16,18-21,23,28H,8-9,22H2,1-7H3/t23-,31+/m0/s1. The second-order valence-electron chi connectivity index (χ2n) is 10.1.